The third-order valence-electron chi connectivity index (χ3n) is 4.72. The van der Waals surface area contributed by atoms with Gasteiger partial charge in [0.15, 0.2) is 0 Å². The Balaban J connectivity index is 1.38. The van der Waals surface area contributed by atoms with Crippen LogP contribution in [-0.2, 0) is 0 Å². The van der Waals surface area contributed by atoms with E-state index in [1.54, 1.807) is 42.5 Å². The standard InChI is InChI=1S/C24H18ClN3O3S/c1-14-5-4-6-16(13-14)23(30)28-27-22(29)15-9-11-17(12-10-15)26-24(31)21-20(25)18-7-2-3-8-19(18)32-21/h2-13H,1H3,(H,26,31)(H,27,29)(H,28,30). The second-order valence-corrected chi connectivity index (χ2v) is 8.48. The molecule has 3 aromatic carbocycles. The van der Waals surface area contributed by atoms with E-state index in [0.29, 0.717) is 26.7 Å². The van der Waals surface area contributed by atoms with Crippen molar-refractivity contribution in [1.82, 2.24) is 10.9 Å². The molecular weight excluding hydrogens is 446 g/mol. The molecule has 0 saturated carbocycles. The number of fused-ring (bicyclic) bond motifs is 1. The lowest BCUT2D eigenvalue weighted by Gasteiger charge is -2.09. The monoisotopic (exact) mass is 463 g/mol. The maximum atomic E-state index is 12.6. The second kappa shape index (κ2) is 9.21. The molecule has 32 heavy (non-hydrogen) atoms. The number of carbonyl (C=O) groups is 3. The molecule has 3 amide bonds. The highest BCUT2D eigenvalue weighted by atomic mass is 35.5. The molecule has 1 aromatic heterocycles. The minimum Gasteiger partial charge on any atom is -0.321 e. The number of nitrogens with one attached hydrogen (secondary N) is 3. The largest absolute Gasteiger partial charge is 0.321 e. The normalized spacial score (nSPS) is 10.6. The van der Waals surface area contributed by atoms with E-state index in [1.807, 2.05) is 37.3 Å². The molecule has 8 heteroatoms. The van der Waals surface area contributed by atoms with Crippen LogP contribution < -0.4 is 16.2 Å². The van der Waals surface area contributed by atoms with Crippen molar-refractivity contribution in [3.8, 4) is 0 Å². The Hall–Kier alpha value is -3.68. The number of hydrazine groups is 1. The van der Waals surface area contributed by atoms with Gasteiger partial charge in [-0.1, -0.05) is 47.5 Å². The number of carbonyl (C=O) groups excluding carboxylic acids is 3. The second-order valence-electron chi connectivity index (χ2n) is 7.05. The molecule has 0 aliphatic carbocycles. The Morgan fingerprint density at radius 3 is 2.16 bits per heavy atom. The van der Waals surface area contributed by atoms with Gasteiger partial charge in [-0.3, -0.25) is 25.2 Å². The lowest BCUT2D eigenvalue weighted by molar-refractivity contribution is 0.0846. The summed E-state index contributed by atoms with van der Waals surface area (Å²) in [5, 5.41) is 4.05. The highest BCUT2D eigenvalue weighted by molar-refractivity contribution is 7.21. The van der Waals surface area contributed by atoms with Crippen molar-refractivity contribution >= 4 is 56.4 Å². The topological polar surface area (TPSA) is 87.3 Å². The van der Waals surface area contributed by atoms with Crippen LogP contribution in [0.15, 0.2) is 72.8 Å². The van der Waals surface area contributed by atoms with Crippen LogP contribution in [0.25, 0.3) is 10.1 Å². The van der Waals surface area contributed by atoms with Crippen molar-refractivity contribution in [2.24, 2.45) is 0 Å². The smallest absolute Gasteiger partial charge is 0.269 e. The number of benzene rings is 3. The number of halogens is 1. The fourth-order valence-electron chi connectivity index (χ4n) is 3.10. The zero-order valence-corrected chi connectivity index (χ0v) is 18.5. The van der Waals surface area contributed by atoms with Crippen LogP contribution in [0, 0.1) is 6.92 Å². The summed E-state index contributed by atoms with van der Waals surface area (Å²) < 4.78 is 0.933. The lowest BCUT2D eigenvalue weighted by atomic mass is 10.1. The molecule has 0 saturated heterocycles. The van der Waals surface area contributed by atoms with Crippen LogP contribution in [0.4, 0.5) is 5.69 Å². The summed E-state index contributed by atoms with van der Waals surface area (Å²) >= 11 is 7.68. The molecule has 160 valence electrons. The first-order chi connectivity index (χ1) is 15.4. The number of amides is 3. The van der Waals surface area contributed by atoms with Gasteiger partial charge in [-0.15, -0.1) is 11.3 Å². The molecule has 4 aromatic rings. The van der Waals surface area contributed by atoms with E-state index in [0.717, 1.165) is 15.6 Å². The molecule has 0 aliphatic rings. The van der Waals surface area contributed by atoms with E-state index < -0.39 is 11.8 Å². The molecule has 0 spiro atoms. The summed E-state index contributed by atoms with van der Waals surface area (Å²) in [6.07, 6.45) is 0. The molecule has 0 unspecified atom stereocenters. The maximum Gasteiger partial charge on any atom is 0.269 e. The van der Waals surface area contributed by atoms with Gasteiger partial charge in [0.1, 0.15) is 4.88 Å². The van der Waals surface area contributed by atoms with Gasteiger partial charge in [-0.2, -0.15) is 0 Å². The van der Waals surface area contributed by atoms with Gasteiger partial charge in [-0.25, -0.2) is 0 Å². The molecular formula is C24H18ClN3O3S. The Kier molecular flexibility index (Phi) is 6.20. The van der Waals surface area contributed by atoms with E-state index in [1.165, 1.54) is 11.3 Å². The molecule has 0 bridgehead atoms. The van der Waals surface area contributed by atoms with E-state index in [2.05, 4.69) is 16.2 Å². The van der Waals surface area contributed by atoms with Crippen molar-refractivity contribution in [3.63, 3.8) is 0 Å². The first kappa shape index (κ1) is 21.5. The fraction of sp³-hybridized carbons (Fsp3) is 0.0417. The first-order valence-electron chi connectivity index (χ1n) is 9.68. The van der Waals surface area contributed by atoms with Crippen molar-refractivity contribution in [3.05, 3.63) is 99.4 Å². The molecule has 0 aliphatic heterocycles. The van der Waals surface area contributed by atoms with Crippen molar-refractivity contribution in [2.75, 3.05) is 5.32 Å². The Morgan fingerprint density at radius 1 is 0.781 bits per heavy atom. The van der Waals surface area contributed by atoms with E-state index in [-0.39, 0.29) is 5.91 Å². The summed E-state index contributed by atoms with van der Waals surface area (Å²) in [5.74, 6) is -1.21. The molecule has 4 rings (SSSR count). The Labute approximate surface area is 193 Å². The van der Waals surface area contributed by atoms with Gasteiger partial charge in [0.2, 0.25) is 0 Å². The highest BCUT2D eigenvalue weighted by Crippen LogP contribution is 2.35. The molecule has 0 atom stereocenters. The molecule has 3 N–H and O–H groups in total. The van der Waals surface area contributed by atoms with E-state index in [9.17, 15) is 14.4 Å². The first-order valence-corrected chi connectivity index (χ1v) is 10.9. The summed E-state index contributed by atoms with van der Waals surface area (Å²) in [6, 6.07) is 20.9. The minimum absolute atomic E-state index is 0.321. The fourth-order valence-corrected chi connectivity index (χ4v) is 4.51. The molecule has 0 fully saturated rings. The predicted molar refractivity (Wildman–Crippen MR) is 127 cm³/mol. The molecule has 0 radical (unpaired) electrons. The van der Waals surface area contributed by atoms with Crippen LogP contribution in [0.3, 0.4) is 0 Å². The third kappa shape index (κ3) is 4.64. The Bertz CT molecular complexity index is 1330. The summed E-state index contributed by atoms with van der Waals surface area (Å²) in [6.45, 7) is 1.88. The van der Waals surface area contributed by atoms with E-state index >= 15 is 0 Å². The average molecular weight is 464 g/mol. The van der Waals surface area contributed by atoms with Crippen LogP contribution in [0.2, 0.25) is 5.02 Å². The Morgan fingerprint density at radius 2 is 1.47 bits per heavy atom. The third-order valence-corrected chi connectivity index (χ3v) is 6.39. The summed E-state index contributed by atoms with van der Waals surface area (Å²) in [4.78, 5) is 37.5. The van der Waals surface area contributed by atoms with Crippen molar-refractivity contribution < 1.29 is 14.4 Å². The van der Waals surface area contributed by atoms with Crippen molar-refractivity contribution in [2.45, 2.75) is 6.92 Å². The number of aryl methyl sites for hydroxylation is 1. The van der Waals surface area contributed by atoms with Gasteiger partial charge >= 0.3 is 0 Å². The quantitative estimate of drug-likeness (QED) is 0.364. The van der Waals surface area contributed by atoms with Crippen LogP contribution in [-0.4, -0.2) is 17.7 Å². The van der Waals surface area contributed by atoms with Crippen LogP contribution in [0.1, 0.15) is 36.0 Å². The lowest BCUT2D eigenvalue weighted by Crippen LogP contribution is -2.41. The minimum atomic E-state index is -0.476. The maximum absolute atomic E-state index is 12.6. The summed E-state index contributed by atoms with van der Waals surface area (Å²) in [5.41, 5.74) is 7.01. The number of thiophene rings is 1. The van der Waals surface area contributed by atoms with Crippen LogP contribution in [0.5, 0.6) is 0 Å². The SMILES string of the molecule is Cc1cccc(C(=O)NNC(=O)c2ccc(NC(=O)c3sc4ccccc4c3Cl)cc2)c1. The number of hydrogen-bond acceptors (Lipinski definition) is 4. The molecule has 1 heterocycles. The predicted octanol–water partition coefficient (Wildman–Crippen LogP) is 5.19. The number of anilines is 1. The van der Waals surface area contributed by atoms with Crippen molar-refractivity contribution in [1.29, 1.82) is 0 Å². The molecule has 6 nitrogen and oxygen atoms in total. The average Bonchev–Trinajstić information content (AvgIpc) is 3.14. The zero-order chi connectivity index (χ0) is 22.7. The summed E-state index contributed by atoms with van der Waals surface area (Å²) in [7, 11) is 0. The van der Waals surface area contributed by atoms with Gasteiger partial charge in [0.25, 0.3) is 17.7 Å². The van der Waals surface area contributed by atoms with Gasteiger partial charge < -0.3 is 5.32 Å². The highest BCUT2D eigenvalue weighted by Gasteiger charge is 2.17. The zero-order valence-electron chi connectivity index (χ0n) is 16.9. The van der Waals surface area contributed by atoms with E-state index in [4.69, 9.17) is 11.6 Å². The number of hydrogen-bond donors (Lipinski definition) is 3. The number of rotatable bonds is 4. The van der Waals surface area contributed by atoms with Crippen LogP contribution >= 0.6 is 22.9 Å². The van der Waals surface area contributed by atoms with Gasteiger partial charge in [0.05, 0.1) is 5.02 Å². The van der Waals surface area contributed by atoms with Gasteiger partial charge in [-0.05, 0) is 49.4 Å². The van der Waals surface area contributed by atoms with Gasteiger partial charge in [0, 0.05) is 26.9 Å².